The molecule has 0 atom stereocenters. The van der Waals surface area contributed by atoms with Crippen LogP contribution in [0.5, 0.6) is 0 Å². The highest BCUT2D eigenvalue weighted by Crippen LogP contribution is 2.35. The number of halogens is 1. The molecular formula is C23H22ClN5O2. The molecule has 0 aliphatic heterocycles. The third-order valence-electron chi connectivity index (χ3n) is 5.12. The van der Waals surface area contributed by atoms with Gasteiger partial charge in [-0.3, -0.25) is 14.6 Å². The number of rotatable bonds is 6. The van der Waals surface area contributed by atoms with Gasteiger partial charge in [0.2, 0.25) is 5.91 Å². The van der Waals surface area contributed by atoms with E-state index in [1.165, 1.54) is 12.4 Å². The SMILES string of the molecule is CC(=O)N(CC1CC1)c1ccc(-c2ccc(C(=O)Nc3ccc(N)nc3)cn2)cc1Cl. The molecule has 158 valence electrons. The van der Waals surface area contributed by atoms with Gasteiger partial charge in [0, 0.05) is 25.2 Å². The van der Waals surface area contributed by atoms with Crippen LogP contribution >= 0.6 is 11.6 Å². The number of hydrogen-bond donors (Lipinski definition) is 2. The Kier molecular flexibility index (Phi) is 5.86. The van der Waals surface area contributed by atoms with Gasteiger partial charge in [0.15, 0.2) is 0 Å². The second-order valence-corrected chi connectivity index (χ2v) is 8.00. The summed E-state index contributed by atoms with van der Waals surface area (Å²) in [5.74, 6) is 0.624. The topological polar surface area (TPSA) is 101 Å². The van der Waals surface area contributed by atoms with Crippen LogP contribution in [-0.2, 0) is 4.79 Å². The van der Waals surface area contributed by atoms with Crippen molar-refractivity contribution in [2.24, 2.45) is 5.92 Å². The van der Waals surface area contributed by atoms with Crippen LogP contribution in [0.15, 0.2) is 54.9 Å². The largest absolute Gasteiger partial charge is 0.384 e. The van der Waals surface area contributed by atoms with E-state index in [4.69, 9.17) is 17.3 Å². The maximum atomic E-state index is 12.4. The fourth-order valence-electron chi connectivity index (χ4n) is 3.22. The summed E-state index contributed by atoms with van der Waals surface area (Å²) in [7, 11) is 0. The average molecular weight is 436 g/mol. The molecule has 0 unspecified atom stereocenters. The number of anilines is 3. The number of carbonyl (C=O) groups excluding carboxylic acids is 2. The van der Waals surface area contributed by atoms with E-state index in [1.807, 2.05) is 12.1 Å². The van der Waals surface area contributed by atoms with Crippen molar-refractivity contribution >= 4 is 40.6 Å². The zero-order valence-electron chi connectivity index (χ0n) is 17.0. The van der Waals surface area contributed by atoms with Gasteiger partial charge >= 0.3 is 0 Å². The zero-order valence-corrected chi connectivity index (χ0v) is 17.8. The first kappa shape index (κ1) is 20.8. The monoisotopic (exact) mass is 435 g/mol. The van der Waals surface area contributed by atoms with E-state index in [0.717, 1.165) is 18.4 Å². The number of nitrogen functional groups attached to an aromatic ring is 1. The number of nitrogens with two attached hydrogens (primary N) is 1. The van der Waals surface area contributed by atoms with E-state index in [-0.39, 0.29) is 11.8 Å². The van der Waals surface area contributed by atoms with Crippen LogP contribution in [0.25, 0.3) is 11.3 Å². The van der Waals surface area contributed by atoms with E-state index in [2.05, 4.69) is 15.3 Å². The molecule has 1 aliphatic carbocycles. The van der Waals surface area contributed by atoms with Crippen LogP contribution in [0, 0.1) is 5.92 Å². The van der Waals surface area contributed by atoms with Gasteiger partial charge < -0.3 is 16.0 Å². The van der Waals surface area contributed by atoms with E-state index in [9.17, 15) is 9.59 Å². The predicted molar refractivity (Wildman–Crippen MR) is 122 cm³/mol. The Morgan fingerprint density at radius 1 is 1.13 bits per heavy atom. The zero-order chi connectivity index (χ0) is 22.0. The Morgan fingerprint density at radius 2 is 1.94 bits per heavy atom. The van der Waals surface area contributed by atoms with Crippen molar-refractivity contribution in [3.63, 3.8) is 0 Å². The van der Waals surface area contributed by atoms with Gasteiger partial charge in [-0.15, -0.1) is 0 Å². The van der Waals surface area contributed by atoms with Gasteiger partial charge in [0.05, 0.1) is 33.9 Å². The fourth-order valence-corrected chi connectivity index (χ4v) is 3.50. The number of hydrogen-bond acceptors (Lipinski definition) is 5. The molecule has 2 amide bonds. The predicted octanol–water partition coefficient (Wildman–Crippen LogP) is 4.39. The molecule has 4 rings (SSSR count). The first-order valence-electron chi connectivity index (χ1n) is 9.97. The van der Waals surface area contributed by atoms with Gasteiger partial charge in [0.1, 0.15) is 5.82 Å². The normalized spacial score (nSPS) is 13.0. The Balaban J connectivity index is 1.49. The fraction of sp³-hybridized carbons (Fsp3) is 0.217. The van der Waals surface area contributed by atoms with Gasteiger partial charge in [-0.05, 0) is 55.2 Å². The molecule has 2 aromatic heterocycles. The van der Waals surface area contributed by atoms with Crippen LogP contribution < -0.4 is 16.0 Å². The van der Waals surface area contributed by atoms with Crippen LogP contribution in [0.4, 0.5) is 17.2 Å². The highest BCUT2D eigenvalue weighted by atomic mass is 35.5. The minimum atomic E-state index is -0.295. The molecule has 7 nitrogen and oxygen atoms in total. The molecule has 1 aromatic carbocycles. The average Bonchev–Trinajstić information content (AvgIpc) is 3.58. The van der Waals surface area contributed by atoms with Crippen LogP contribution in [-0.4, -0.2) is 28.3 Å². The molecule has 8 heteroatoms. The minimum Gasteiger partial charge on any atom is -0.384 e. The van der Waals surface area contributed by atoms with E-state index < -0.39 is 0 Å². The van der Waals surface area contributed by atoms with Crippen molar-refractivity contribution in [1.82, 2.24) is 9.97 Å². The van der Waals surface area contributed by atoms with E-state index in [0.29, 0.717) is 45.9 Å². The molecule has 31 heavy (non-hydrogen) atoms. The Hall–Kier alpha value is -3.45. The number of nitrogens with one attached hydrogen (secondary N) is 1. The molecule has 1 aliphatic rings. The lowest BCUT2D eigenvalue weighted by Crippen LogP contribution is -2.30. The molecule has 2 heterocycles. The van der Waals surface area contributed by atoms with Crippen molar-refractivity contribution in [1.29, 1.82) is 0 Å². The van der Waals surface area contributed by atoms with Crippen molar-refractivity contribution < 1.29 is 9.59 Å². The first-order valence-corrected chi connectivity index (χ1v) is 10.4. The number of aromatic nitrogens is 2. The molecule has 1 saturated carbocycles. The smallest absolute Gasteiger partial charge is 0.257 e. The highest BCUT2D eigenvalue weighted by molar-refractivity contribution is 6.34. The molecule has 3 aromatic rings. The van der Waals surface area contributed by atoms with Gasteiger partial charge in [-0.1, -0.05) is 17.7 Å². The van der Waals surface area contributed by atoms with Crippen LogP contribution in [0.3, 0.4) is 0 Å². The lowest BCUT2D eigenvalue weighted by molar-refractivity contribution is -0.116. The molecule has 0 radical (unpaired) electrons. The Bertz CT molecular complexity index is 1110. The molecule has 0 saturated heterocycles. The molecule has 0 spiro atoms. The van der Waals surface area contributed by atoms with Gasteiger partial charge in [-0.25, -0.2) is 4.98 Å². The number of benzene rings is 1. The summed E-state index contributed by atoms with van der Waals surface area (Å²) in [6, 6.07) is 12.3. The summed E-state index contributed by atoms with van der Waals surface area (Å²) in [5.41, 5.74) is 8.70. The minimum absolute atomic E-state index is 0.0219. The summed E-state index contributed by atoms with van der Waals surface area (Å²) in [6.45, 7) is 2.25. The number of amides is 2. The quantitative estimate of drug-likeness (QED) is 0.597. The molecular weight excluding hydrogens is 414 g/mol. The van der Waals surface area contributed by atoms with Crippen molar-refractivity contribution in [3.05, 3.63) is 65.4 Å². The molecule has 1 fully saturated rings. The Labute approximate surface area is 185 Å². The third kappa shape index (κ3) is 5.00. The lowest BCUT2D eigenvalue weighted by atomic mass is 10.1. The third-order valence-corrected chi connectivity index (χ3v) is 5.42. The summed E-state index contributed by atoms with van der Waals surface area (Å²) in [5, 5.41) is 3.24. The summed E-state index contributed by atoms with van der Waals surface area (Å²) < 4.78 is 0. The number of nitrogens with zero attached hydrogens (tertiary/aromatic N) is 3. The number of pyridine rings is 2. The summed E-state index contributed by atoms with van der Waals surface area (Å²) in [6.07, 6.45) is 5.30. The summed E-state index contributed by atoms with van der Waals surface area (Å²) >= 11 is 6.50. The van der Waals surface area contributed by atoms with Crippen molar-refractivity contribution in [2.45, 2.75) is 19.8 Å². The highest BCUT2D eigenvalue weighted by Gasteiger charge is 2.27. The lowest BCUT2D eigenvalue weighted by Gasteiger charge is -2.22. The first-order chi connectivity index (χ1) is 14.9. The van der Waals surface area contributed by atoms with Gasteiger partial charge in [0.25, 0.3) is 5.91 Å². The summed E-state index contributed by atoms with van der Waals surface area (Å²) in [4.78, 5) is 34.6. The maximum absolute atomic E-state index is 12.4. The molecule has 3 N–H and O–H groups in total. The van der Waals surface area contributed by atoms with E-state index >= 15 is 0 Å². The van der Waals surface area contributed by atoms with Crippen molar-refractivity contribution in [2.75, 3.05) is 22.5 Å². The molecule has 0 bridgehead atoms. The standard InChI is InChI=1S/C23H22ClN5O2/c1-14(30)29(13-15-2-3-15)21-8-5-16(10-19(21)24)20-7-4-17(11-26-20)23(31)28-18-6-9-22(25)27-12-18/h4-12,15H,2-3,13H2,1H3,(H2,25,27)(H,28,31). The van der Waals surface area contributed by atoms with Gasteiger partial charge in [-0.2, -0.15) is 0 Å². The van der Waals surface area contributed by atoms with Crippen LogP contribution in [0.2, 0.25) is 5.02 Å². The Morgan fingerprint density at radius 3 is 2.52 bits per heavy atom. The number of carbonyl (C=O) groups is 2. The van der Waals surface area contributed by atoms with Crippen molar-refractivity contribution in [3.8, 4) is 11.3 Å². The maximum Gasteiger partial charge on any atom is 0.257 e. The second kappa shape index (κ2) is 8.73. The van der Waals surface area contributed by atoms with Crippen LogP contribution in [0.1, 0.15) is 30.1 Å². The van der Waals surface area contributed by atoms with E-state index in [1.54, 1.807) is 42.2 Å². The second-order valence-electron chi connectivity index (χ2n) is 7.60.